The van der Waals surface area contributed by atoms with Gasteiger partial charge in [-0.25, -0.2) is 0 Å². The Labute approximate surface area is 109 Å². The molecule has 0 atom stereocenters. The molecule has 0 bridgehead atoms. The molecular formula is C12H10ClN3S. The minimum atomic E-state index is 0.590. The van der Waals surface area contributed by atoms with Crippen LogP contribution in [0.15, 0.2) is 18.2 Å². The molecular weight excluding hydrogens is 254 g/mol. The zero-order chi connectivity index (χ0) is 12.4. The fourth-order valence-corrected chi connectivity index (χ4v) is 2.34. The molecule has 0 amide bonds. The Morgan fingerprint density at radius 2 is 2.18 bits per heavy atom. The molecule has 0 fully saturated rings. The summed E-state index contributed by atoms with van der Waals surface area (Å²) in [4.78, 5) is 0. The monoisotopic (exact) mass is 263 g/mol. The van der Waals surface area contributed by atoms with Crippen molar-refractivity contribution in [3.8, 4) is 6.07 Å². The number of anilines is 2. The molecule has 1 aromatic carbocycles. The van der Waals surface area contributed by atoms with Crippen LogP contribution >= 0.6 is 23.1 Å². The molecule has 0 aliphatic rings. The highest BCUT2D eigenvalue weighted by Crippen LogP contribution is 2.29. The second-order valence-corrected chi connectivity index (χ2v) is 4.85. The van der Waals surface area contributed by atoms with Crippen molar-refractivity contribution in [2.24, 2.45) is 0 Å². The van der Waals surface area contributed by atoms with Gasteiger partial charge in [-0.3, -0.25) is 0 Å². The van der Waals surface area contributed by atoms with Crippen LogP contribution in [-0.2, 0) is 0 Å². The lowest BCUT2D eigenvalue weighted by molar-refractivity contribution is 1.31. The predicted octanol–water partition coefficient (Wildman–Crippen LogP) is 4.03. The minimum Gasteiger partial charge on any atom is -0.345 e. The van der Waals surface area contributed by atoms with Gasteiger partial charge in [0.1, 0.15) is 16.6 Å². The molecule has 0 spiro atoms. The second kappa shape index (κ2) is 4.74. The number of aryl methyl sites for hydroxylation is 2. The van der Waals surface area contributed by atoms with Crippen molar-refractivity contribution in [3.05, 3.63) is 40.0 Å². The quantitative estimate of drug-likeness (QED) is 0.890. The second-order valence-electron chi connectivity index (χ2n) is 3.67. The number of hydrogen-bond acceptors (Lipinski definition) is 4. The Morgan fingerprint density at radius 1 is 1.41 bits per heavy atom. The molecule has 0 radical (unpaired) electrons. The number of benzene rings is 1. The molecule has 0 saturated heterocycles. The maximum absolute atomic E-state index is 9.02. The molecule has 0 aliphatic heterocycles. The SMILES string of the molecule is Cc1ccc(Nc2snc(C)c2C#N)cc1Cl. The van der Waals surface area contributed by atoms with Crippen molar-refractivity contribution in [2.75, 3.05) is 5.32 Å². The Bertz CT molecular complexity index is 598. The number of aromatic nitrogens is 1. The normalized spacial score (nSPS) is 10.0. The predicted molar refractivity (Wildman–Crippen MR) is 71.0 cm³/mol. The van der Waals surface area contributed by atoms with Gasteiger partial charge in [-0.1, -0.05) is 17.7 Å². The lowest BCUT2D eigenvalue weighted by Crippen LogP contribution is -1.91. The zero-order valence-electron chi connectivity index (χ0n) is 9.41. The highest BCUT2D eigenvalue weighted by molar-refractivity contribution is 7.10. The largest absolute Gasteiger partial charge is 0.345 e. The standard InChI is InChI=1S/C12H10ClN3S/c1-7-3-4-9(5-11(7)13)15-12-10(6-14)8(2)16-17-12/h3-5,15H,1-2H3. The molecule has 0 saturated carbocycles. The van der Waals surface area contributed by atoms with E-state index in [0.29, 0.717) is 10.6 Å². The van der Waals surface area contributed by atoms with Gasteiger partial charge in [0.2, 0.25) is 0 Å². The topological polar surface area (TPSA) is 48.7 Å². The van der Waals surface area contributed by atoms with Crippen LogP contribution in [0.4, 0.5) is 10.7 Å². The first-order valence-corrected chi connectivity index (χ1v) is 6.16. The van der Waals surface area contributed by atoms with Gasteiger partial charge in [-0.2, -0.15) is 9.64 Å². The van der Waals surface area contributed by atoms with Crippen LogP contribution in [0, 0.1) is 25.2 Å². The van der Waals surface area contributed by atoms with E-state index in [4.69, 9.17) is 16.9 Å². The fourth-order valence-electron chi connectivity index (χ4n) is 1.39. The molecule has 1 N–H and O–H groups in total. The van der Waals surface area contributed by atoms with Crippen LogP contribution in [0.25, 0.3) is 0 Å². The van der Waals surface area contributed by atoms with E-state index in [-0.39, 0.29) is 0 Å². The van der Waals surface area contributed by atoms with E-state index in [1.54, 1.807) is 0 Å². The summed E-state index contributed by atoms with van der Waals surface area (Å²) in [6, 6.07) is 7.85. The van der Waals surface area contributed by atoms with Gasteiger partial charge in [-0.15, -0.1) is 0 Å². The minimum absolute atomic E-state index is 0.590. The molecule has 2 rings (SSSR count). The summed E-state index contributed by atoms with van der Waals surface area (Å²) in [6.07, 6.45) is 0. The summed E-state index contributed by atoms with van der Waals surface area (Å²) in [5, 5.41) is 13.6. The Hall–Kier alpha value is -1.57. The van der Waals surface area contributed by atoms with E-state index >= 15 is 0 Å². The highest BCUT2D eigenvalue weighted by Gasteiger charge is 2.10. The van der Waals surface area contributed by atoms with Gasteiger partial charge in [0, 0.05) is 10.7 Å². The van der Waals surface area contributed by atoms with Crippen molar-refractivity contribution in [3.63, 3.8) is 0 Å². The van der Waals surface area contributed by atoms with Gasteiger partial charge in [-0.05, 0) is 43.1 Å². The summed E-state index contributed by atoms with van der Waals surface area (Å²) in [5.74, 6) is 0. The van der Waals surface area contributed by atoms with Crippen molar-refractivity contribution in [2.45, 2.75) is 13.8 Å². The van der Waals surface area contributed by atoms with Crippen LogP contribution in [0.1, 0.15) is 16.8 Å². The van der Waals surface area contributed by atoms with E-state index in [1.165, 1.54) is 11.5 Å². The Balaban J connectivity index is 2.32. The first-order valence-electron chi connectivity index (χ1n) is 5.01. The van der Waals surface area contributed by atoms with Crippen molar-refractivity contribution >= 4 is 33.8 Å². The molecule has 2 aromatic rings. The lowest BCUT2D eigenvalue weighted by Gasteiger charge is -2.05. The lowest BCUT2D eigenvalue weighted by atomic mass is 10.2. The van der Waals surface area contributed by atoms with E-state index in [2.05, 4.69) is 15.8 Å². The maximum atomic E-state index is 9.02. The van der Waals surface area contributed by atoms with Crippen LogP contribution < -0.4 is 5.32 Å². The third kappa shape index (κ3) is 2.41. The summed E-state index contributed by atoms with van der Waals surface area (Å²) in [6.45, 7) is 3.77. The number of nitrogens with zero attached hydrogens (tertiary/aromatic N) is 2. The summed E-state index contributed by atoms with van der Waals surface area (Å²) in [7, 11) is 0. The van der Waals surface area contributed by atoms with Gasteiger partial charge >= 0.3 is 0 Å². The van der Waals surface area contributed by atoms with E-state index in [9.17, 15) is 0 Å². The van der Waals surface area contributed by atoms with E-state index in [1.807, 2.05) is 32.0 Å². The number of hydrogen-bond donors (Lipinski definition) is 1. The third-order valence-electron chi connectivity index (χ3n) is 2.40. The first kappa shape index (κ1) is 11.9. The van der Waals surface area contributed by atoms with Crippen molar-refractivity contribution < 1.29 is 0 Å². The van der Waals surface area contributed by atoms with Crippen LogP contribution in [-0.4, -0.2) is 4.37 Å². The van der Waals surface area contributed by atoms with Gasteiger partial charge < -0.3 is 5.32 Å². The molecule has 1 heterocycles. The van der Waals surface area contributed by atoms with Crippen molar-refractivity contribution in [1.29, 1.82) is 5.26 Å². The van der Waals surface area contributed by atoms with Gasteiger partial charge in [0.15, 0.2) is 0 Å². The highest BCUT2D eigenvalue weighted by atomic mass is 35.5. The zero-order valence-corrected chi connectivity index (χ0v) is 11.0. The smallest absolute Gasteiger partial charge is 0.132 e. The molecule has 0 aliphatic carbocycles. The summed E-state index contributed by atoms with van der Waals surface area (Å²) >= 11 is 7.32. The van der Waals surface area contributed by atoms with Crippen LogP contribution in [0.2, 0.25) is 5.02 Å². The number of nitriles is 1. The number of nitrogens with one attached hydrogen (secondary N) is 1. The molecule has 86 valence electrons. The average Bonchev–Trinajstić information content (AvgIpc) is 2.64. The molecule has 17 heavy (non-hydrogen) atoms. The van der Waals surface area contributed by atoms with E-state index < -0.39 is 0 Å². The first-order chi connectivity index (χ1) is 8.11. The molecule has 1 aromatic heterocycles. The number of rotatable bonds is 2. The summed E-state index contributed by atoms with van der Waals surface area (Å²) in [5.41, 5.74) is 3.23. The van der Waals surface area contributed by atoms with Gasteiger partial charge in [0.25, 0.3) is 0 Å². The third-order valence-corrected chi connectivity index (χ3v) is 3.67. The van der Waals surface area contributed by atoms with Crippen LogP contribution in [0.3, 0.4) is 0 Å². The van der Waals surface area contributed by atoms with Crippen LogP contribution in [0.5, 0.6) is 0 Å². The maximum Gasteiger partial charge on any atom is 0.132 e. The van der Waals surface area contributed by atoms with E-state index in [0.717, 1.165) is 21.9 Å². The Kier molecular flexibility index (Phi) is 3.32. The summed E-state index contributed by atoms with van der Waals surface area (Å²) < 4.78 is 4.15. The van der Waals surface area contributed by atoms with Gasteiger partial charge in [0.05, 0.1) is 5.69 Å². The van der Waals surface area contributed by atoms with Crippen molar-refractivity contribution in [1.82, 2.24) is 4.37 Å². The number of halogens is 1. The molecule has 5 heteroatoms. The Morgan fingerprint density at radius 3 is 2.82 bits per heavy atom. The average molecular weight is 264 g/mol. The molecule has 3 nitrogen and oxygen atoms in total. The molecule has 0 unspecified atom stereocenters. The fraction of sp³-hybridized carbons (Fsp3) is 0.167.